The summed E-state index contributed by atoms with van der Waals surface area (Å²) in [5.74, 6) is 3.86. The Labute approximate surface area is 151 Å². The maximum absolute atomic E-state index is 12.5. The van der Waals surface area contributed by atoms with Crippen LogP contribution in [0.5, 0.6) is 0 Å². The van der Waals surface area contributed by atoms with Gasteiger partial charge in [-0.05, 0) is 67.6 Å². The van der Waals surface area contributed by atoms with Gasteiger partial charge in [0.15, 0.2) is 0 Å². The predicted molar refractivity (Wildman–Crippen MR) is 97.7 cm³/mol. The van der Waals surface area contributed by atoms with Crippen molar-refractivity contribution >= 4 is 11.8 Å². The van der Waals surface area contributed by atoms with Gasteiger partial charge in [0, 0.05) is 24.9 Å². The molecule has 0 aromatic heterocycles. The number of hydrogen-bond donors (Lipinski definition) is 2. The van der Waals surface area contributed by atoms with Crippen molar-refractivity contribution in [2.75, 3.05) is 13.1 Å². The van der Waals surface area contributed by atoms with Crippen LogP contribution in [0.2, 0.25) is 0 Å². The molecule has 4 aliphatic rings. The number of fused-ring (bicyclic) bond motifs is 4. The molecule has 0 saturated heterocycles. The van der Waals surface area contributed by atoms with E-state index in [0.717, 1.165) is 24.7 Å². The van der Waals surface area contributed by atoms with Crippen molar-refractivity contribution in [3.05, 3.63) is 0 Å². The molecule has 0 heterocycles. The molecule has 25 heavy (non-hydrogen) atoms. The zero-order valence-corrected chi connectivity index (χ0v) is 15.9. The maximum atomic E-state index is 12.5. The maximum Gasteiger partial charge on any atom is 0.223 e. The van der Waals surface area contributed by atoms with Crippen LogP contribution in [-0.2, 0) is 9.59 Å². The molecule has 0 radical (unpaired) electrons. The molecule has 140 valence electrons. The van der Waals surface area contributed by atoms with Crippen LogP contribution in [0, 0.1) is 40.9 Å². The van der Waals surface area contributed by atoms with Gasteiger partial charge >= 0.3 is 0 Å². The largest absolute Gasteiger partial charge is 0.355 e. The van der Waals surface area contributed by atoms with Gasteiger partial charge < -0.3 is 10.6 Å². The molecule has 4 heteroatoms. The van der Waals surface area contributed by atoms with Crippen molar-refractivity contribution in [3.8, 4) is 0 Å². The van der Waals surface area contributed by atoms with Gasteiger partial charge in [-0.3, -0.25) is 9.59 Å². The first kappa shape index (κ1) is 17.4. The second-order valence-corrected chi connectivity index (χ2v) is 10.2. The van der Waals surface area contributed by atoms with Crippen LogP contribution >= 0.6 is 0 Å². The van der Waals surface area contributed by atoms with E-state index in [4.69, 9.17) is 0 Å². The summed E-state index contributed by atoms with van der Waals surface area (Å²) in [5, 5.41) is 6.36. The Kier molecular flexibility index (Phi) is 4.57. The van der Waals surface area contributed by atoms with E-state index in [1.807, 2.05) is 0 Å². The highest BCUT2D eigenvalue weighted by atomic mass is 16.2. The fourth-order valence-corrected chi connectivity index (χ4v) is 6.11. The van der Waals surface area contributed by atoms with Gasteiger partial charge in [-0.25, -0.2) is 0 Å². The molecule has 2 amide bonds. The lowest BCUT2D eigenvalue weighted by molar-refractivity contribution is -0.127. The van der Waals surface area contributed by atoms with Gasteiger partial charge in [0.2, 0.25) is 11.8 Å². The van der Waals surface area contributed by atoms with Gasteiger partial charge in [-0.2, -0.15) is 0 Å². The number of carbonyl (C=O) groups excluding carboxylic acids is 2. The molecule has 2 N–H and O–H groups in total. The first-order chi connectivity index (χ1) is 11.9. The molecule has 4 bridgehead atoms. The standard InChI is InChI=1S/C21H34N2O2/c1-21(2,11-22-19(24)17-9-13-3-5-15(17)7-13)12-23-20(25)18-10-14-4-6-16(18)8-14/h13-18H,3-12H2,1-2H3,(H,22,24)(H,23,25)/t13-,14-,15-,16-,17-,18-/m1/s1. The fraction of sp³-hybridized carbons (Fsp3) is 0.905. The third-order valence-electron chi connectivity index (χ3n) is 7.63. The summed E-state index contributed by atoms with van der Waals surface area (Å²) in [4.78, 5) is 25.0. The van der Waals surface area contributed by atoms with Crippen molar-refractivity contribution in [1.82, 2.24) is 10.6 Å². The average molecular weight is 347 g/mol. The van der Waals surface area contributed by atoms with E-state index in [1.165, 1.54) is 38.5 Å². The average Bonchev–Trinajstić information content (AvgIpc) is 3.37. The lowest BCUT2D eigenvalue weighted by Crippen LogP contribution is -2.45. The normalized spacial score (nSPS) is 39.0. The first-order valence-electron chi connectivity index (χ1n) is 10.5. The quantitative estimate of drug-likeness (QED) is 0.776. The summed E-state index contributed by atoms with van der Waals surface area (Å²) >= 11 is 0. The molecular formula is C21H34N2O2. The van der Waals surface area contributed by atoms with Gasteiger partial charge in [-0.1, -0.05) is 26.7 Å². The minimum Gasteiger partial charge on any atom is -0.355 e. The highest BCUT2D eigenvalue weighted by Crippen LogP contribution is 2.49. The lowest BCUT2D eigenvalue weighted by atomic mass is 9.86. The Hall–Kier alpha value is -1.06. The minimum atomic E-state index is -0.0967. The van der Waals surface area contributed by atoms with Crippen LogP contribution in [0.1, 0.15) is 65.2 Å². The summed E-state index contributed by atoms with van der Waals surface area (Å²) in [5.41, 5.74) is -0.0967. The van der Waals surface area contributed by atoms with Crippen LogP contribution < -0.4 is 10.6 Å². The smallest absolute Gasteiger partial charge is 0.223 e. The molecule has 4 fully saturated rings. The Morgan fingerprint density at radius 2 is 1.20 bits per heavy atom. The number of carbonyl (C=O) groups is 2. The molecule has 0 aromatic rings. The molecule has 0 aromatic carbocycles. The van der Waals surface area contributed by atoms with Crippen LogP contribution in [0.3, 0.4) is 0 Å². The molecule has 4 nitrogen and oxygen atoms in total. The topological polar surface area (TPSA) is 58.2 Å². The van der Waals surface area contributed by atoms with Crippen molar-refractivity contribution in [2.24, 2.45) is 40.9 Å². The number of hydrogen-bond acceptors (Lipinski definition) is 2. The third kappa shape index (κ3) is 3.59. The van der Waals surface area contributed by atoms with E-state index in [-0.39, 0.29) is 29.1 Å². The first-order valence-corrected chi connectivity index (χ1v) is 10.5. The van der Waals surface area contributed by atoms with E-state index in [2.05, 4.69) is 24.5 Å². The van der Waals surface area contributed by atoms with Crippen LogP contribution in [-0.4, -0.2) is 24.9 Å². The van der Waals surface area contributed by atoms with Crippen molar-refractivity contribution in [2.45, 2.75) is 65.2 Å². The Bertz CT molecular complexity index is 498. The molecule has 0 spiro atoms. The third-order valence-corrected chi connectivity index (χ3v) is 7.63. The summed E-state index contributed by atoms with van der Waals surface area (Å²) < 4.78 is 0. The van der Waals surface area contributed by atoms with Crippen molar-refractivity contribution < 1.29 is 9.59 Å². The molecule has 4 saturated carbocycles. The van der Waals surface area contributed by atoms with Crippen LogP contribution in [0.4, 0.5) is 0 Å². The van der Waals surface area contributed by atoms with Gasteiger partial charge in [0.25, 0.3) is 0 Å². The minimum absolute atomic E-state index is 0.0967. The van der Waals surface area contributed by atoms with E-state index in [9.17, 15) is 9.59 Å². The van der Waals surface area contributed by atoms with Gasteiger partial charge in [-0.15, -0.1) is 0 Å². The summed E-state index contributed by atoms with van der Waals surface area (Å²) in [7, 11) is 0. The van der Waals surface area contributed by atoms with Crippen molar-refractivity contribution in [1.29, 1.82) is 0 Å². The zero-order valence-electron chi connectivity index (χ0n) is 15.9. The van der Waals surface area contributed by atoms with E-state index < -0.39 is 0 Å². The molecule has 0 aliphatic heterocycles. The Morgan fingerprint density at radius 3 is 1.52 bits per heavy atom. The summed E-state index contributed by atoms with van der Waals surface area (Å²) in [6, 6.07) is 0. The van der Waals surface area contributed by atoms with Gasteiger partial charge in [0.05, 0.1) is 0 Å². The second-order valence-electron chi connectivity index (χ2n) is 10.2. The second kappa shape index (κ2) is 6.59. The highest BCUT2D eigenvalue weighted by molar-refractivity contribution is 5.80. The van der Waals surface area contributed by atoms with E-state index >= 15 is 0 Å². The monoisotopic (exact) mass is 346 g/mol. The summed E-state index contributed by atoms with van der Waals surface area (Å²) in [6.45, 7) is 5.57. The van der Waals surface area contributed by atoms with E-state index in [0.29, 0.717) is 24.9 Å². The van der Waals surface area contributed by atoms with Gasteiger partial charge in [0.1, 0.15) is 0 Å². The predicted octanol–water partition coefficient (Wildman–Crippen LogP) is 3.12. The molecular weight excluding hydrogens is 312 g/mol. The zero-order chi connectivity index (χ0) is 17.6. The number of amides is 2. The number of rotatable bonds is 6. The van der Waals surface area contributed by atoms with E-state index in [1.54, 1.807) is 0 Å². The summed E-state index contributed by atoms with van der Waals surface area (Å²) in [6.07, 6.45) is 9.86. The number of nitrogens with one attached hydrogen (secondary N) is 2. The molecule has 0 unspecified atom stereocenters. The molecule has 4 rings (SSSR count). The SMILES string of the molecule is CC(C)(CNC(=O)[C@@H]1C[C@@H]2CC[C@@H]1C2)CNC(=O)[C@@H]1C[C@@H]2CC[C@@H]1C2. The molecule has 4 aliphatic carbocycles. The molecule has 6 atom stereocenters. The fourth-order valence-electron chi connectivity index (χ4n) is 6.11. The Balaban J connectivity index is 1.20. The lowest BCUT2D eigenvalue weighted by Gasteiger charge is -2.29. The Morgan fingerprint density at radius 1 is 0.760 bits per heavy atom. The van der Waals surface area contributed by atoms with Crippen molar-refractivity contribution in [3.63, 3.8) is 0 Å². The van der Waals surface area contributed by atoms with Crippen LogP contribution in [0.15, 0.2) is 0 Å². The highest BCUT2D eigenvalue weighted by Gasteiger charge is 2.44. The van der Waals surface area contributed by atoms with Crippen LogP contribution in [0.25, 0.3) is 0 Å².